The minimum Gasteiger partial charge on any atom is -0.358 e. The molecule has 0 atom stereocenters. The highest BCUT2D eigenvalue weighted by molar-refractivity contribution is 5.50. The Morgan fingerprint density at radius 3 is 2.24 bits per heavy atom. The van der Waals surface area contributed by atoms with E-state index in [1.165, 1.54) is 0 Å². The number of aromatic nitrogens is 2. The fraction of sp³-hybridized carbons (Fsp3) is 0.100. The molecule has 0 N–H and O–H groups in total. The van der Waals surface area contributed by atoms with Gasteiger partial charge < -0.3 is 10.1 Å². The highest BCUT2D eigenvalue weighted by Crippen LogP contribution is 2.36. The second-order valence-corrected chi connectivity index (χ2v) is 3.83. The van der Waals surface area contributed by atoms with Gasteiger partial charge in [0, 0.05) is 12.1 Å². The Kier molecular flexibility index (Phi) is 3.33. The van der Waals surface area contributed by atoms with E-state index in [1.54, 1.807) is 0 Å². The van der Waals surface area contributed by atoms with Gasteiger partial charge in [-0.15, -0.1) is 4.68 Å². The van der Waals surface area contributed by atoms with Gasteiger partial charge in [-0.3, -0.25) is 10.1 Å². The molecule has 0 radical (unpaired) electrons. The predicted octanol–water partition coefficient (Wildman–Crippen LogP) is 2.71. The zero-order valence-electron chi connectivity index (χ0n) is 9.94. The van der Waals surface area contributed by atoms with E-state index in [1.807, 2.05) is 0 Å². The van der Waals surface area contributed by atoms with E-state index in [9.17, 15) is 33.4 Å². The largest absolute Gasteiger partial charge is 0.418 e. The summed E-state index contributed by atoms with van der Waals surface area (Å²) in [4.78, 5) is 19.2. The third kappa shape index (κ3) is 2.80. The third-order valence-electron chi connectivity index (χ3n) is 2.51. The summed E-state index contributed by atoms with van der Waals surface area (Å²) in [5.41, 5.74) is -2.59. The number of alkyl halides is 3. The van der Waals surface area contributed by atoms with E-state index in [4.69, 9.17) is 0 Å². The Hall–Kier alpha value is -2.98. The Morgan fingerprint density at radius 2 is 1.76 bits per heavy atom. The molecule has 0 spiro atoms. The molecule has 2 aromatic rings. The van der Waals surface area contributed by atoms with E-state index < -0.39 is 38.8 Å². The van der Waals surface area contributed by atoms with Gasteiger partial charge in [0.25, 0.3) is 5.69 Å². The van der Waals surface area contributed by atoms with Gasteiger partial charge in [-0.05, 0) is 11.0 Å². The van der Waals surface area contributed by atoms with Crippen LogP contribution in [0.3, 0.4) is 0 Å². The Bertz CT molecular complexity index is 725. The number of hydrogen-bond acceptors (Lipinski definition) is 5. The summed E-state index contributed by atoms with van der Waals surface area (Å²) < 4.78 is 39.5. The van der Waals surface area contributed by atoms with Crippen molar-refractivity contribution < 1.29 is 23.0 Å². The minimum atomic E-state index is -4.87. The normalized spacial score (nSPS) is 11.4. The van der Waals surface area contributed by atoms with Crippen LogP contribution in [0.25, 0.3) is 5.69 Å². The first-order valence-electron chi connectivity index (χ1n) is 5.26. The quantitative estimate of drug-likeness (QED) is 0.640. The van der Waals surface area contributed by atoms with Gasteiger partial charge in [-0.25, -0.2) is 0 Å². The van der Waals surface area contributed by atoms with Crippen molar-refractivity contribution in [1.82, 2.24) is 9.78 Å². The zero-order valence-corrected chi connectivity index (χ0v) is 9.94. The molecule has 110 valence electrons. The van der Waals surface area contributed by atoms with E-state index >= 15 is 0 Å². The third-order valence-corrected chi connectivity index (χ3v) is 2.51. The zero-order chi connectivity index (χ0) is 15.8. The monoisotopic (exact) mass is 302 g/mol. The molecule has 8 nitrogen and oxygen atoms in total. The van der Waals surface area contributed by atoms with Crippen LogP contribution in [-0.4, -0.2) is 19.6 Å². The van der Waals surface area contributed by atoms with Crippen LogP contribution in [0.4, 0.5) is 24.7 Å². The molecule has 0 aliphatic rings. The molecule has 0 unspecified atom stereocenters. The number of nitro groups is 2. The van der Waals surface area contributed by atoms with Crippen LogP contribution >= 0.6 is 0 Å². The molecule has 1 aromatic carbocycles. The summed E-state index contributed by atoms with van der Waals surface area (Å²) in [5, 5.41) is 24.4. The second kappa shape index (κ2) is 4.85. The molecular formula is C10H5F3N4O4. The molecule has 0 fully saturated rings. The molecule has 0 aliphatic heterocycles. The van der Waals surface area contributed by atoms with Crippen molar-refractivity contribution in [2.45, 2.75) is 6.18 Å². The lowest BCUT2D eigenvalue weighted by molar-refractivity contribution is -0.389. The SMILES string of the molecule is O=[N+]([O-])c1ccc(-n2ccc([N+](=O)[O-])n2)c(C(F)(F)F)c1. The fourth-order valence-electron chi connectivity index (χ4n) is 1.61. The number of hydrogen-bond donors (Lipinski definition) is 0. The van der Waals surface area contributed by atoms with Gasteiger partial charge in [-0.1, -0.05) is 0 Å². The summed E-state index contributed by atoms with van der Waals surface area (Å²) in [6, 6.07) is 2.96. The maximum atomic E-state index is 12.9. The van der Waals surface area contributed by atoms with Crippen molar-refractivity contribution >= 4 is 11.5 Å². The van der Waals surface area contributed by atoms with Crippen molar-refractivity contribution in [2.75, 3.05) is 0 Å². The molecule has 0 amide bonds. The van der Waals surface area contributed by atoms with Gasteiger partial charge in [0.1, 0.15) is 5.69 Å². The lowest BCUT2D eigenvalue weighted by Gasteiger charge is -2.10. The van der Waals surface area contributed by atoms with Crippen LogP contribution in [0.2, 0.25) is 0 Å². The fourth-order valence-corrected chi connectivity index (χ4v) is 1.61. The number of nitro benzene ring substituents is 1. The summed E-state index contributed by atoms with van der Waals surface area (Å²) in [7, 11) is 0. The van der Waals surface area contributed by atoms with Crippen molar-refractivity contribution in [3.05, 3.63) is 56.3 Å². The summed E-state index contributed by atoms with van der Waals surface area (Å²) in [6.45, 7) is 0. The second-order valence-electron chi connectivity index (χ2n) is 3.83. The van der Waals surface area contributed by atoms with E-state index in [-0.39, 0.29) is 0 Å². The van der Waals surface area contributed by atoms with Crippen LogP contribution in [0.15, 0.2) is 30.5 Å². The Labute approximate surface area is 113 Å². The van der Waals surface area contributed by atoms with Gasteiger partial charge in [0.15, 0.2) is 0 Å². The van der Waals surface area contributed by atoms with Gasteiger partial charge in [0.2, 0.25) is 0 Å². The van der Waals surface area contributed by atoms with Gasteiger partial charge >= 0.3 is 12.0 Å². The first kappa shape index (κ1) is 14.4. The molecule has 11 heteroatoms. The standard InChI is InChI=1S/C10H5F3N4O4/c11-10(12,13)7-5-6(16(18)19)1-2-8(7)15-4-3-9(14-15)17(20)21/h1-5H. The molecule has 0 bridgehead atoms. The minimum absolute atomic E-state index is 0.350. The first-order chi connectivity index (χ1) is 9.70. The lowest BCUT2D eigenvalue weighted by Crippen LogP contribution is -2.12. The number of halogens is 3. The Balaban J connectivity index is 2.61. The highest BCUT2D eigenvalue weighted by Gasteiger charge is 2.36. The van der Waals surface area contributed by atoms with Crippen LogP contribution in [0.5, 0.6) is 0 Å². The van der Waals surface area contributed by atoms with E-state index in [0.29, 0.717) is 10.7 Å². The van der Waals surface area contributed by atoms with Crippen LogP contribution in [-0.2, 0) is 6.18 Å². The maximum Gasteiger partial charge on any atom is 0.418 e. The van der Waals surface area contributed by atoms with Gasteiger partial charge in [0.05, 0.1) is 27.8 Å². The van der Waals surface area contributed by atoms with Crippen LogP contribution in [0, 0.1) is 20.2 Å². The molecule has 21 heavy (non-hydrogen) atoms. The maximum absolute atomic E-state index is 12.9. The number of benzene rings is 1. The molecule has 0 aliphatic carbocycles. The summed E-state index contributed by atoms with van der Waals surface area (Å²) in [5.74, 6) is -0.638. The highest BCUT2D eigenvalue weighted by atomic mass is 19.4. The number of nitrogens with zero attached hydrogens (tertiary/aromatic N) is 4. The number of non-ortho nitro benzene ring substituents is 1. The molecule has 0 saturated carbocycles. The predicted molar refractivity (Wildman–Crippen MR) is 61.9 cm³/mol. The topological polar surface area (TPSA) is 104 Å². The number of rotatable bonds is 3. The smallest absolute Gasteiger partial charge is 0.358 e. The molecule has 2 rings (SSSR count). The van der Waals surface area contributed by atoms with E-state index in [2.05, 4.69) is 5.10 Å². The van der Waals surface area contributed by atoms with Crippen molar-refractivity contribution in [3.8, 4) is 5.69 Å². The van der Waals surface area contributed by atoms with Crippen molar-refractivity contribution in [2.24, 2.45) is 0 Å². The first-order valence-corrected chi connectivity index (χ1v) is 5.26. The Morgan fingerprint density at radius 1 is 1.10 bits per heavy atom. The summed E-state index contributed by atoms with van der Waals surface area (Å²) in [6.07, 6.45) is -3.91. The molecule has 1 aromatic heterocycles. The van der Waals surface area contributed by atoms with Crippen molar-refractivity contribution in [1.29, 1.82) is 0 Å². The van der Waals surface area contributed by atoms with Crippen molar-refractivity contribution in [3.63, 3.8) is 0 Å². The average Bonchev–Trinajstić information content (AvgIpc) is 2.86. The molecule has 1 heterocycles. The summed E-state index contributed by atoms with van der Waals surface area (Å²) >= 11 is 0. The lowest BCUT2D eigenvalue weighted by atomic mass is 10.1. The molecule has 0 saturated heterocycles. The molecular weight excluding hydrogens is 297 g/mol. The van der Waals surface area contributed by atoms with Crippen LogP contribution < -0.4 is 0 Å². The van der Waals surface area contributed by atoms with Gasteiger partial charge in [-0.2, -0.15) is 13.2 Å². The van der Waals surface area contributed by atoms with E-state index in [0.717, 1.165) is 24.4 Å². The van der Waals surface area contributed by atoms with Crippen LogP contribution in [0.1, 0.15) is 5.56 Å². The average molecular weight is 302 g/mol.